The van der Waals surface area contributed by atoms with Crippen molar-refractivity contribution in [2.75, 3.05) is 56.4 Å². The van der Waals surface area contributed by atoms with Crippen molar-refractivity contribution in [2.24, 2.45) is 0 Å². The fourth-order valence-corrected chi connectivity index (χ4v) is 0. The second kappa shape index (κ2) is 8.06. The highest BCUT2D eigenvalue weighted by Gasteiger charge is 1.88. The molecule has 0 aliphatic heterocycles. The van der Waals surface area contributed by atoms with Crippen molar-refractivity contribution in [1.29, 1.82) is 0 Å². The van der Waals surface area contributed by atoms with Gasteiger partial charge in [-0.2, -0.15) is 0 Å². The minimum atomic E-state index is -2.19. The zero-order valence-corrected chi connectivity index (χ0v) is 11.5. The van der Waals surface area contributed by atoms with E-state index < -0.39 is 11.9 Å². The van der Waals surface area contributed by atoms with Crippen LogP contribution < -0.4 is 10.2 Å². The van der Waals surface area contributed by atoms with E-state index in [2.05, 4.69) is 56.4 Å². The third kappa shape index (κ3) is 221. The Morgan fingerprint density at radius 3 is 0.688 bits per heavy atom. The molecule has 0 bridgehead atoms. The summed E-state index contributed by atoms with van der Waals surface area (Å²) in [6.07, 6.45) is 0. The van der Waals surface area contributed by atoms with Crippen LogP contribution >= 0.6 is 0 Å². The number of hydrogen-bond acceptors (Lipinski definition) is 4. The molecule has 0 rings (SSSR count). The average molecular weight is 236 g/mol. The first kappa shape index (κ1) is 20.3. The molecule has 98 valence electrons. The minimum absolute atomic E-state index is 1.00. The lowest BCUT2D eigenvalue weighted by atomic mass is 10.7. The molecule has 0 aliphatic carbocycles. The summed E-state index contributed by atoms with van der Waals surface area (Å²) in [5, 5.41) is 17.9. The van der Waals surface area contributed by atoms with E-state index in [9.17, 15) is 0 Å². The van der Waals surface area contributed by atoms with Gasteiger partial charge in [-0.15, -0.1) is 0 Å². The van der Waals surface area contributed by atoms with Gasteiger partial charge < -0.3 is 28.8 Å². The van der Waals surface area contributed by atoms with Crippen molar-refractivity contribution >= 4 is 11.9 Å². The van der Waals surface area contributed by atoms with E-state index in [-0.39, 0.29) is 0 Å². The highest BCUT2D eigenvalue weighted by atomic mass is 16.4. The molecule has 0 saturated heterocycles. The molecule has 0 aliphatic rings. The Labute approximate surface area is 97.9 Å². The Bertz CT molecular complexity index is 178. The zero-order valence-electron chi connectivity index (χ0n) is 11.5. The van der Waals surface area contributed by atoms with Crippen LogP contribution in [0.3, 0.4) is 0 Å². The summed E-state index contributed by atoms with van der Waals surface area (Å²) in [5.41, 5.74) is 0. The van der Waals surface area contributed by atoms with Gasteiger partial charge in [0.1, 0.15) is 0 Å². The van der Waals surface area contributed by atoms with Crippen molar-refractivity contribution in [3.05, 3.63) is 0 Å². The number of aliphatic carboxylic acids is 2. The molecular formula is C10H24N2O4. The first-order valence-corrected chi connectivity index (χ1v) is 4.64. The summed E-state index contributed by atoms with van der Waals surface area (Å²) in [7, 11) is 17.0. The van der Waals surface area contributed by atoms with Crippen LogP contribution in [0, 0.1) is 0 Å². The Morgan fingerprint density at radius 1 is 0.625 bits per heavy atom. The maximum Gasteiger partial charge on any atom is 0.0870 e. The van der Waals surface area contributed by atoms with Crippen molar-refractivity contribution in [2.45, 2.75) is 0 Å². The summed E-state index contributed by atoms with van der Waals surface area (Å²) in [5.74, 6) is -4.37. The summed E-state index contributed by atoms with van der Waals surface area (Å²) >= 11 is 0. The topological polar surface area (TPSA) is 80.3 Å². The Hall–Kier alpha value is -1.14. The standard InChI is InChI=1S/2C4H12N.C2H2O4/c2*1-5(2,3)4;3-1(4)2(5)6/h2*1-4H3;(H,3,4)(H,5,6)/q2*+1;/p-2. The van der Waals surface area contributed by atoms with E-state index in [1.807, 2.05) is 0 Å². The Kier molecular flexibility index (Phi) is 10.2. The van der Waals surface area contributed by atoms with Crippen molar-refractivity contribution in [3.8, 4) is 0 Å². The third-order valence-electron chi connectivity index (χ3n) is 0.167. The molecular weight excluding hydrogens is 212 g/mol. The molecule has 0 aromatic rings. The SMILES string of the molecule is C[N+](C)(C)C.C[N+](C)(C)C.O=C([O-])C(=O)[O-]. The number of carboxylic acids is 2. The molecule has 0 unspecified atom stereocenters. The molecule has 0 aromatic heterocycles. The summed E-state index contributed by atoms with van der Waals surface area (Å²) in [6.45, 7) is 0. The van der Waals surface area contributed by atoms with E-state index in [1.54, 1.807) is 0 Å². The molecule has 0 atom stereocenters. The van der Waals surface area contributed by atoms with Gasteiger partial charge in [-0.05, 0) is 0 Å². The second-order valence-electron chi connectivity index (χ2n) is 5.94. The molecule has 0 aromatic carbocycles. The molecule has 0 amide bonds. The molecule has 0 fully saturated rings. The molecule has 0 heterocycles. The smallest absolute Gasteiger partial charge is 0.0870 e. The lowest BCUT2D eigenvalue weighted by molar-refractivity contribution is -0.849. The molecule has 0 spiro atoms. The fraction of sp³-hybridized carbons (Fsp3) is 0.800. The molecule has 6 heteroatoms. The van der Waals surface area contributed by atoms with Gasteiger partial charge in [0.25, 0.3) is 0 Å². The highest BCUT2D eigenvalue weighted by molar-refractivity contribution is 6.25. The predicted octanol–water partition coefficient (Wildman–Crippen LogP) is -2.87. The van der Waals surface area contributed by atoms with E-state index in [0.717, 1.165) is 8.97 Å². The van der Waals surface area contributed by atoms with Gasteiger partial charge in [0, 0.05) is 0 Å². The molecule has 0 N–H and O–H groups in total. The van der Waals surface area contributed by atoms with E-state index in [0.29, 0.717) is 0 Å². The Balaban J connectivity index is -0.000000160. The van der Waals surface area contributed by atoms with Crippen LogP contribution in [0.5, 0.6) is 0 Å². The van der Waals surface area contributed by atoms with E-state index >= 15 is 0 Å². The number of quaternary nitrogens is 2. The lowest BCUT2D eigenvalue weighted by Crippen LogP contribution is -2.42. The molecule has 6 nitrogen and oxygen atoms in total. The largest absolute Gasteiger partial charge is 0.543 e. The lowest BCUT2D eigenvalue weighted by Gasteiger charge is -2.14. The van der Waals surface area contributed by atoms with Crippen LogP contribution in [0.1, 0.15) is 0 Å². The van der Waals surface area contributed by atoms with E-state index in [4.69, 9.17) is 19.8 Å². The van der Waals surface area contributed by atoms with Crippen molar-refractivity contribution in [3.63, 3.8) is 0 Å². The first-order chi connectivity index (χ1) is 6.64. The number of carboxylic acid groups (broad SMARTS) is 2. The van der Waals surface area contributed by atoms with Crippen LogP contribution in [0.15, 0.2) is 0 Å². The van der Waals surface area contributed by atoms with Crippen LogP contribution in [-0.2, 0) is 9.59 Å². The van der Waals surface area contributed by atoms with Crippen molar-refractivity contribution in [1.82, 2.24) is 0 Å². The first-order valence-electron chi connectivity index (χ1n) is 4.64. The van der Waals surface area contributed by atoms with E-state index in [1.165, 1.54) is 0 Å². The number of nitrogens with zero attached hydrogens (tertiary/aromatic N) is 2. The monoisotopic (exact) mass is 236 g/mol. The van der Waals surface area contributed by atoms with Gasteiger partial charge in [0.05, 0.1) is 68.3 Å². The van der Waals surface area contributed by atoms with Crippen LogP contribution in [0.25, 0.3) is 0 Å². The average Bonchev–Trinajstić information content (AvgIpc) is 1.77. The summed E-state index contributed by atoms with van der Waals surface area (Å²) in [6, 6.07) is 0. The maximum atomic E-state index is 8.93. The maximum absolute atomic E-state index is 8.93. The normalized spacial score (nSPS) is 10.2. The van der Waals surface area contributed by atoms with Crippen LogP contribution in [-0.4, -0.2) is 77.3 Å². The second-order valence-corrected chi connectivity index (χ2v) is 5.94. The number of carbonyl (C=O) groups is 2. The van der Waals surface area contributed by atoms with Gasteiger partial charge in [-0.1, -0.05) is 0 Å². The minimum Gasteiger partial charge on any atom is -0.543 e. The van der Waals surface area contributed by atoms with Gasteiger partial charge >= 0.3 is 0 Å². The van der Waals surface area contributed by atoms with Gasteiger partial charge in [0.15, 0.2) is 0 Å². The molecule has 0 saturated carbocycles. The number of rotatable bonds is 0. The summed E-state index contributed by atoms with van der Waals surface area (Å²) < 4.78 is 2.00. The Morgan fingerprint density at radius 2 is 0.688 bits per heavy atom. The quantitative estimate of drug-likeness (QED) is 0.334. The number of carbonyl (C=O) groups excluding carboxylic acids is 2. The zero-order chi connectivity index (χ0) is 14.2. The predicted molar refractivity (Wildman–Crippen MR) is 57.9 cm³/mol. The number of hydrogen-bond donors (Lipinski definition) is 0. The van der Waals surface area contributed by atoms with Gasteiger partial charge in [-0.25, -0.2) is 0 Å². The van der Waals surface area contributed by atoms with Crippen molar-refractivity contribution < 1.29 is 28.8 Å². The summed E-state index contributed by atoms with van der Waals surface area (Å²) in [4.78, 5) is 17.9. The fourth-order valence-electron chi connectivity index (χ4n) is 0. The highest BCUT2D eigenvalue weighted by Crippen LogP contribution is 1.74. The van der Waals surface area contributed by atoms with Crippen LogP contribution in [0.4, 0.5) is 0 Å². The van der Waals surface area contributed by atoms with Gasteiger partial charge in [0.2, 0.25) is 0 Å². The van der Waals surface area contributed by atoms with Gasteiger partial charge in [-0.3, -0.25) is 0 Å². The molecule has 0 radical (unpaired) electrons. The van der Waals surface area contributed by atoms with Crippen LogP contribution in [0.2, 0.25) is 0 Å². The molecule has 16 heavy (non-hydrogen) atoms. The third-order valence-corrected chi connectivity index (χ3v) is 0.167.